The summed E-state index contributed by atoms with van der Waals surface area (Å²) < 4.78 is 11.3. The molecule has 1 fully saturated rings. The van der Waals surface area contributed by atoms with Gasteiger partial charge in [-0.3, -0.25) is 9.69 Å². The molecule has 0 amide bonds. The van der Waals surface area contributed by atoms with Crippen molar-refractivity contribution in [2.24, 2.45) is 0 Å². The summed E-state index contributed by atoms with van der Waals surface area (Å²) >= 11 is 0. The monoisotopic (exact) mass is 365 g/mol. The second-order valence-electron chi connectivity index (χ2n) is 6.62. The molecule has 1 saturated heterocycles. The maximum Gasteiger partial charge on any atom is 0.259 e. The first-order valence-electron chi connectivity index (χ1n) is 9.32. The highest BCUT2D eigenvalue weighted by molar-refractivity contribution is 5.79. The molecule has 6 nitrogen and oxygen atoms in total. The van der Waals surface area contributed by atoms with Gasteiger partial charge in [0.15, 0.2) is 0 Å². The van der Waals surface area contributed by atoms with Gasteiger partial charge in [0.1, 0.15) is 11.6 Å². The molecule has 1 aliphatic rings. The molecular formula is C21H23N3O3. The summed E-state index contributed by atoms with van der Waals surface area (Å²) in [5.41, 5.74) is 1.39. The molecule has 0 saturated carbocycles. The van der Waals surface area contributed by atoms with Gasteiger partial charge in [0.2, 0.25) is 0 Å². The van der Waals surface area contributed by atoms with E-state index in [1.54, 1.807) is 6.07 Å². The molecule has 0 aliphatic carbocycles. The lowest BCUT2D eigenvalue weighted by molar-refractivity contribution is 0.0358. The van der Waals surface area contributed by atoms with Crippen LogP contribution in [0.15, 0.2) is 53.3 Å². The number of benzene rings is 2. The van der Waals surface area contributed by atoms with Crippen LogP contribution in [0, 0.1) is 0 Å². The lowest BCUT2D eigenvalue weighted by Crippen LogP contribution is -2.37. The van der Waals surface area contributed by atoms with Gasteiger partial charge in [0.25, 0.3) is 5.56 Å². The van der Waals surface area contributed by atoms with Crippen molar-refractivity contribution in [2.75, 3.05) is 39.5 Å². The zero-order chi connectivity index (χ0) is 18.5. The van der Waals surface area contributed by atoms with E-state index in [1.807, 2.05) is 42.5 Å². The van der Waals surface area contributed by atoms with E-state index >= 15 is 0 Å². The number of aromatic amines is 1. The number of nitrogens with zero attached hydrogens (tertiary/aromatic N) is 2. The summed E-state index contributed by atoms with van der Waals surface area (Å²) in [7, 11) is 0. The van der Waals surface area contributed by atoms with Crippen molar-refractivity contribution >= 4 is 10.9 Å². The summed E-state index contributed by atoms with van der Waals surface area (Å²) in [6.07, 6.45) is 0.968. The Labute approximate surface area is 157 Å². The van der Waals surface area contributed by atoms with Crippen molar-refractivity contribution in [3.05, 3.63) is 58.9 Å². The van der Waals surface area contributed by atoms with E-state index in [0.717, 1.165) is 50.6 Å². The van der Waals surface area contributed by atoms with Gasteiger partial charge in [-0.15, -0.1) is 0 Å². The summed E-state index contributed by atoms with van der Waals surface area (Å²) in [5.74, 6) is 1.34. The third-order valence-corrected chi connectivity index (χ3v) is 4.71. The molecule has 0 atom stereocenters. The van der Waals surface area contributed by atoms with Crippen molar-refractivity contribution in [1.82, 2.24) is 14.9 Å². The Morgan fingerprint density at radius 2 is 1.96 bits per heavy atom. The molecule has 2 aromatic carbocycles. The predicted molar refractivity (Wildman–Crippen MR) is 105 cm³/mol. The Hall–Kier alpha value is -2.70. The average Bonchev–Trinajstić information content (AvgIpc) is 2.72. The van der Waals surface area contributed by atoms with Crippen LogP contribution >= 0.6 is 0 Å². The number of H-pyrrole nitrogens is 1. The zero-order valence-corrected chi connectivity index (χ0v) is 15.2. The predicted octanol–water partition coefficient (Wildman–Crippen LogP) is 2.69. The van der Waals surface area contributed by atoms with Crippen LogP contribution in [-0.2, 0) is 4.74 Å². The lowest BCUT2D eigenvalue weighted by Gasteiger charge is -2.26. The van der Waals surface area contributed by atoms with Crippen LogP contribution in [0.4, 0.5) is 0 Å². The maximum atomic E-state index is 12.3. The van der Waals surface area contributed by atoms with E-state index in [4.69, 9.17) is 9.47 Å². The Kier molecular flexibility index (Phi) is 5.46. The normalized spacial score (nSPS) is 15.1. The van der Waals surface area contributed by atoms with E-state index in [9.17, 15) is 4.79 Å². The lowest BCUT2D eigenvalue weighted by atomic mass is 10.2. The molecule has 0 bridgehead atoms. The van der Waals surface area contributed by atoms with Crippen LogP contribution in [0.5, 0.6) is 5.75 Å². The fraction of sp³-hybridized carbons (Fsp3) is 0.333. The van der Waals surface area contributed by atoms with Crippen molar-refractivity contribution in [3.63, 3.8) is 0 Å². The van der Waals surface area contributed by atoms with E-state index < -0.39 is 0 Å². The Morgan fingerprint density at radius 1 is 1.11 bits per heavy atom. The van der Waals surface area contributed by atoms with Gasteiger partial charge in [-0.2, -0.15) is 0 Å². The highest BCUT2D eigenvalue weighted by Crippen LogP contribution is 2.21. The first-order chi connectivity index (χ1) is 13.3. The molecule has 1 aliphatic heterocycles. The number of aromatic nitrogens is 2. The van der Waals surface area contributed by atoms with Gasteiger partial charge >= 0.3 is 0 Å². The van der Waals surface area contributed by atoms with Gasteiger partial charge in [-0.25, -0.2) is 4.98 Å². The van der Waals surface area contributed by atoms with Gasteiger partial charge in [-0.05, 0) is 30.7 Å². The maximum absolute atomic E-state index is 12.3. The molecular weight excluding hydrogens is 342 g/mol. The summed E-state index contributed by atoms with van der Waals surface area (Å²) in [4.78, 5) is 22.1. The Bertz CT molecular complexity index is 964. The number of ether oxygens (including phenoxy) is 2. The summed E-state index contributed by atoms with van der Waals surface area (Å²) in [6, 6.07) is 15.0. The number of morpholine rings is 1. The first kappa shape index (κ1) is 17.7. The molecule has 27 heavy (non-hydrogen) atoms. The molecule has 0 radical (unpaired) electrons. The van der Waals surface area contributed by atoms with Crippen molar-refractivity contribution in [1.29, 1.82) is 0 Å². The minimum Gasteiger partial charge on any atom is -0.494 e. The summed E-state index contributed by atoms with van der Waals surface area (Å²) in [6.45, 7) is 5.30. The van der Waals surface area contributed by atoms with E-state index in [1.165, 1.54) is 0 Å². The third-order valence-electron chi connectivity index (χ3n) is 4.71. The van der Waals surface area contributed by atoms with Gasteiger partial charge < -0.3 is 14.5 Å². The minimum absolute atomic E-state index is 0.132. The van der Waals surface area contributed by atoms with Crippen molar-refractivity contribution < 1.29 is 9.47 Å². The second-order valence-corrected chi connectivity index (χ2v) is 6.62. The quantitative estimate of drug-likeness (QED) is 0.680. The number of hydrogen-bond donors (Lipinski definition) is 1. The molecule has 1 N–H and O–H groups in total. The molecule has 3 aromatic rings. The van der Waals surface area contributed by atoms with Gasteiger partial charge in [-0.1, -0.05) is 24.3 Å². The number of para-hydroxylation sites is 1. The van der Waals surface area contributed by atoms with Crippen LogP contribution in [0.3, 0.4) is 0 Å². The molecule has 1 aromatic heterocycles. The SMILES string of the molecule is O=c1[nH]c(-c2cccc(OCCCN3CCOCC3)c2)nc2ccccc12. The zero-order valence-electron chi connectivity index (χ0n) is 15.2. The van der Waals surface area contributed by atoms with E-state index in [-0.39, 0.29) is 5.56 Å². The molecule has 2 heterocycles. The fourth-order valence-corrected chi connectivity index (χ4v) is 3.26. The number of hydrogen-bond acceptors (Lipinski definition) is 5. The molecule has 140 valence electrons. The second kappa shape index (κ2) is 8.33. The molecule has 6 heteroatoms. The standard InChI is InChI=1S/C21H23N3O3/c25-21-18-7-1-2-8-19(18)22-20(23-21)16-5-3-6-17(15-16)27-12-4-9-24-10-13-26-14-11-24/h1-3,5-8,15H,4,9-14H2,(H,22,23,25). The molecule has 0 spiro atoms. The number of rotatable bonds is 6. The summed E-state index contributed by atoms with van der Waals surface area (Å²) in [5, 5.41) is 0.594. The van der Waals surface area contributed by atoms with Crippen LogP contribution in [0.2, 0.25) is 0 Å². The number of fused-ring (bicyclic) bond motifs is 1. The van der Waals surface area contributed by atoms with Crippen molar-refractivity contribution in [2.45, 2.75) is 6.42 Å². The minimum atomic E-state index is -0.132. The number of nitrogens with one attached hydrogen (secondary N) is 1. The highest BCUT2D eigenvalue weighted by atomic mass is 16.5. The topological polar surface area (TPSA) is 67.5 Å². The van der Waals surface area contributed by atoms with Crippen LogP contribution in [-0.4, -0.2) is 54.3 Å². The molecule has 4 rings (SSSR count). The fourth-order valence-electron chi connectivity index (χ4n) is 3.26. The van der Waals surface area contributed by atoms with Crippen LogP contribution in [0.25, 0.3) is 22.3 Å². The Morgan fingerprint density at radius 3 is 2.85 bits per heavy atom. The van der Waals surface area contributed by atoms with Gasteiger partial charge in [0.05, 0.1) is 30.7 Å². The third kappa shape index (κ3) is 4.35. The Balaban J connectivity index is 1.42. The van der Waals surface area contributed by atoms with E-state index in [2.05, 4.69) is 14.9 Å². The smallest absolute Gasteiger partial charge is 0.259 e. The van der Waals surface area contributed by atoms with Crippen LogP contribution in [0.1, 0.15) is 6.42 Å². The van der Waals surface area contributed by atoms with Crippen molar-refractivity contribution in [3.8, 4) is 17.1 Å². The largest absolute Gasteiger partial charge is 0.494 e. The van der Waals surface area contributed by atoms with E-state index in [0.29, 0.717) is 23.3 Å². The van der Waals surface area contributed by atoms with Crippen LogP contribution < -0.4 is 10.3 Å². The molecule has 0 unspecified atom stereocenters. The highest BCUT2D eigenvalue weighted by Gasteiger charge is 2.10. The van der Waals surface area contributed by atoms with Gasteiger partial charge in [0, 0.05) is 25.2 Å². The average molecular weight is 365 g/mol. The first-order valence-corrected chi connectivity index (χ1v) is 9.32.